The van der Waals surface area contributed by atoms with Crippen LogP contribution in [0.5, 0.6) is 5.75 Å². The van der Waals surface area contributed by atoms with E-state index in [1.165, 1.54) is 30.4 Å². The third kappa shape index (κ3) is 6.04. The van der Waals surface area contributed by atoms with Gasteiger partial charge in [-0.2, -0.15) is 0 Å². The number of carboxylic acids is 1. The summed E-state index contributed by atoms with van der Waals surface area (Å²) in [5, 5.41) is 12.6. The van der Waals surface area contributed by atoms with Crippen LogP contribution < -0.4 is 15.0 Å². The SMILES string of the molecule is COc1cc(-c2nc(NC(=O)c3cnc(N4CCC(C(=O)O)CC4)cn3)sc2CN2CCC[C@H]2C)ccc1C. The summed E-state index contributed by atoms with van der Waals surface area (Å²) in [6, 6.07) is 6.57. The number of nitrogens with one attached hydrogen (secondary N) is 1. The van der Waals surface area contributed by atoms with Gasteiger partial charge in [0.2, 0.25) is 0 Å². The number of hydrogen-bond acceptors (Lipinski definition) is 9. The van der Waals surface area contributed by atoms with E-state index in [0.29, 0.717) is 42.9 Å². The molecule has 3 aromatic rings. The Morgan fingerprint density at radius 2 is 1.95 bits per heavy atom. The van der Waals surface area contributed by atoms with Crippen LogP contribution in [0.15, 0.2) is 30.6 Å². The molecule has 10 nitrogen and oxygen atoms in total. The average molecular weight is 551 g/mol. The van der Waals surface area contributed by atoms with Gasteiger partial charge in [-0.1, -0.05) is 23.5 Å². The molecular weight excluding hydrogens is 516 g/mol. The molecule has 0 unspecified atom stereocenters. The van der Waals surface area contributed by atoms with E-state index in [1.807, 2.05) is 30.0 Å². The molecule has 2 aliphatic heterocycles. The number of anilines is 2. The smallest absolute Gasteiger partial charge is 0.306 e. The number of aliphatic carboxylic acids is 1. The van der Waals surface area contributed by atoms with Crippen molar-refractivity contribution >= 4 is 34.2 Å². The van der Waals surface area contributed by atoms with Crippen LogP contribution in [-0.4, -0.2) is 69.6 Å². The first-order valence-corrected chi connectivity index (χ1v) is 14.1. The first-order valence-electron chi connectivity index (χ1n) is 13.3. The molecule has 1 amide bonds. The van der Waals surface area contributed by atoms with E-state index in [0.717, 1.165) is 40.5 Å². The minimum atomic E-state index is -0.752. The molecule has 39 heavy (non-hydrogen) atoms. The largest absolute Gasteiger partial charge is 0.496 e. The molecule has 2 aliphatic rings. The zero-order valence-electron chi connectivity index (χ0n) is 22.5. The van der Waals surface area contributed by atoms with Crippen molar-refractivity contribution in [2.24, 2.45) is 5.92 Å². The van der Waals surface area contributed by atoms with Crippen LogP contribution in [0.2, 0.25) is 0 Å². The van der Waals surface area contributed by atoms with E-state index in [9.17, 15) is 14.7 Å². The summed E-state index contributed by atoms with van der Waals surface area (Å²) in [6.07, 6.45) is 6.53. The van der Waals surface area contributed by atoms with Crippen LogP contribution in [0.25, 0.3) is 11.3 Å². The summed E-state index contributed by atoms with van der Waals surface area (Å²) < 4.78 is 5.55. The molecule has 0 saturated carbocycles. The second-order valence-electron chi connectivity index (χ2n) is 10.3. The minimum Gasteiger partial charge on any atom is -0.496 e. The highest BCUT2D eigenvalue weighted by molar-refractivity contribution is 7.16. The number of benzene rings is 1. The van der Waals surface area contributed by atoms with Crippen LogP contribution in [0.1, 0.15) is 53.5 Å². The van der Waals surface area contributed by atoms with Gasteiger partial charge in [-0.05, 0) is 57.7 Å². The quantitative estimate of drug-likeness (QED) is 0.419. The standard InChI is InChI=1S/C28H34N6O4S/c1-17-6-7-20(13-22(17)38-3)25-23(16-34-10-4-5-18(34)2)39-28(31-25)32-26(35)21-14-30-24(15-29-21)33-11-8-19(9-12-33)27(36)37/h6-7,13-15,18-19H,4-5,8-12,16H2,1-3H3,(H,36,37)(H,31,32,35)/t18-/m1/s1. The molecule has 0 aliphatic carbocycles. The summed E-state index contributed by atoms with van der Waals surface area (Å²) in [5.74, 6) is -0.00220. The fraction of sp³-hybridized carbons (Fsp3) is 0.464. The van der Waals surface area contributed by atoms with Crippen molar-refractivity contribution in [3.05, 3.63) is 46.7 Å². The van der Waals surface area contributed by atoms with E-state index in [-0.39, 0.29) is 17.5 Å². The molecule has 2 aromatic heterocycles. The number of carbonyl (C=O) groups is 2. The summed E-state index contributed by atoms with van der Waals surface area (Å²) in [5.41, 5.74) is 3.04. The molecule has 1 atom stereocenters. The molecule has 1 aromatic carbocycles. The number of nitrogens with zero attached hydrogens (tertiary/aromatic N) is 5. The van der Waals surface area contributed by atoms with Crippen LogP contribution in [-0.2, 0) is 11.3 Å². The molecule has 0 spiro atoms. The maximum atomic E-state index is 13.1. The normalized spacial score (nSPS) is 18.3. The van der Waals surface area contributed by atoms with Crippen molar-refractivity contribution in [2.75, 3.05) is 37.0 Å². The number of methoxy groups -OCH3 is 1. The number of amides is 1. The van der Waals surface area contributed by atoms with Gasteiger partial charge in [0.05, 0.1) is 31.1 Å². The number of hydrogen-bond donors (Lipinski definition) is 2. The Morgan fingerprint density at radius 1 is 1.15 bits per heavy atom. The van der Waals surface area contributed by atoms with Crippen LogP contribution in [0, 0.1) is 12.8 Å². The number of piperidine rings is 1. The lowest BCUT2D eigenvalue weighted by atomic mass is 9.97. The van der Waals surface area contributed by atoms with Crippen molar-refractivity contribution in [2.45, 2.75) is 52.1 Å². The second kappa shape index (κ2) is 11.7. The number of carboxylic acid groups (broad SMARTS) is 1. The van der Waals surface area contributed by atoms with Gasteiger partial charge in [-0.3, -0.25) is 19.8 Å². The maximum Gasteiger partial charge on any atom is 0.306 e. The molecule has 0 bridgehead atoms. The van der Waals surface area contributed by atoms with Crippen LogP contribution >= 0.6 is 11.3 Å². The van der Waals surface area contributed by atoms with Crippen molar-refractivity contribution in [3.8, 4) is 17.0 Å². The van der Waals surface area contributed by atoms with Crippen molar-refractivity contribution in [1.82, 2.24) is 19.9 Å². The molecule has 2 fully saturated rings. The molecule has 0 radical (unpaired) electrons. The Hall–Kier alpha value is -3.57. The summed E-state index contributed by atoms with van der Waals surface area (Å²) in [6.45, 7) is 7.28. The fourth-order valence-electron chi connectivity index (χ4n) is 5.24. The first-order chi connectivity index (χ1) is 18.8. The van der Waals surface area contributed by atoms with Gasteiger partial charge < -0.3 is 14.7 Å². The Bertz CT molecular complexity index is 1340. The maximum absolute atomic E-state index is 13.1. The molecule has 4 heterocycles. The zero-order chi connectivity index (χ0) is 27.5. The number of likely N-dealkylation sites (tertiary alicyclic amines) is 1. The lowest BCUT2D eigenvalue weighted by Gasteiger charge is -2.30. The van der Waals surface area contributed by atoms with E-state index < -0.39 is 5.97 Å². The topological polar surface area (TPSA) is 121 Å². The van der Waals surface area contributed by atoms with Gasteiger partial charge >= 0.3 is 5.97 Å². The summed E-state index contributed by atoms with van der Waals surface area (Å²) in [7, 11) is 1.66. The molecule has 2 N–H and O–H groups in total. The van der Waals surface area contributed by atoms with Crippen LogP contribution in [0.3, 0.4) is 0 Å². The lowest BCUT2D eigenvalue weighted by Crippen LogP contribution is -2.36. The zero-order valence-corrected chi connectivity index (χ0v) is 23.3. The Balaban J connectivity index is 1.33. The van der Waals surface area contributed by atoms with Gasteiger partial charge in [-0.25, -0.2) is 15.0 Å². The van der Waals surface area contributed by atoms with Crippen molar-refractivity contribution < 1.29 is 19.4 Å². The Kier molecular flexibility index (Phi) is 8.08. The number of rotatable bonds is 8. The van der Waals surface area contributed by atoms with Gasteiger partial charge in [0.15, 0.2) is 5.13 Å². The summed E-state index contributed by atoms with van der Waals surface area (Å²) in [4.78, 5) is 43.4. The number of thiazole rings is 1. The van der Waals surface area contributed by atoms with Crippen molar-refractivity contribution in [1.29, 1.82) is 0 Å². The third-order valence-corrected chi connectivity index (χ3v) is 8.63. The van der Waals surface area contributed by atoms with Gasteiger partial charge in [0.25, 0.3) is 5.91 Å². The molecule has 11 heteroatoms. The average Bonchev–Trinajstić information content (AvgIpc) is 3.54. The van der Waals surface area contributed by atoms with Crippen molar-refractivity contribution in [3.63, 3.8) is 0 Å². The van der Waals surface area contributed by atoms with Gasteiger partial charge in [0.1, 0.15) is 17.3 Å². The highest BCUT2D eigenvalue weighted by Crippen LogP contribution is 2.36. The lowest BCUT2D eigenvalue weighted by molar-refractivity contribution is -0.142. The Morgan fingerprint density at radius 3 is 2.59 bits per heavy atom. The Labute approximate surface area is 232 Å². The second-order valence-corrected chi connectivity index (χ2v) is 11.3. The van der Waals surface area contributed by atoms with E-state index in [2.05, 4.69) is 27.1 Å². The number of aryl methyl sites for hydroxylation is 1. The highest BCUT2D eigenvalue weighted by atomic mass is 32.1. The molecule has 206 valence electrons. The van der Waals surface area contributed by atoms with E-state index in [4.69, 9.17) is 9.72 Å². The van der Waals surface area contributed by atoms with E-state index in [1.54, 1.807) is 13.3 Å². The number of aromatic nitrogens is 3. The molecular formula is C28H34N6O4S. The summed E-state index contributed by atoms with van der Waals surface area (Å²) >= 11 is 1.48. The van der Waals surface area contributed by atoms with Gasteiger partial charge in [-0.15, -0.1) is 0 Å². The fourth-order valence-corrected chi connectivity index (χ4v) is 6.24. The first kappa shape index (κ1) is 27.0. The highest BCUT2D eigenvalue weighted by Gasteiger charge is 2.26. The number of ether oxygens (including phenoxy) is 1. The third-order valence-electron chi connectivity index (χ3n) is 7.68. The monoisotopic (exact) mass is 550 g/mol. The predicted molar refractivity (Wildman–Crippen MR) is 151 cm³/mol. The molecule has 5 rings (SSSR count). The minimum absolute atomic E-state index is 0.197. The van der Waals surface area contributed by atoms with Gasteiger partial charge in [0, 0.05) is 36.1 Å². The molecule has 2 saturated heterocycles. The predicted octanol–water partition coefficient (Wildman–Crippen LogP) is 4.45. The van der Waals surface area contributed by atoms with Crippen LogP contribution in [0.4, 0.5) is 10.9 Å². The number of carbonyl (C=O) groups excluding carboxylic acids is 1. The van der Waals surface area contributed by atoms with E-state index >= 15 is 0 Å².